The van der Waals surface area contributed by atoms with E-state index in [4.69, 9.17) is 5.73 Å². The molecule has 1 amide bonds. The van der Waals surface area contributed by atoms with E-state index in [0.29, 0.717) is 25.8 Å². The van der Waals surface area contributed by atoms with Crippen LogP contribution in [-0.2, 0) is 21.5 Å². The van der Waals surface area contributed by atoms with E-state index in [1.165, 1.54) is 12.1 Å². The molecule has 0 saturated carbocycles. The number of aromatic hydroxyl groups is 2. The SMILES string of the molecule is CC1(C)NC(C(=O)NC(CCCCN)C(=O)O)Cc2cc(O)c(O)cc21. The van der Waals surface area contributed by atoms with Crippen molar-refractivity contribution in [2.75, 3.05) is 6.54 Å². The van der Waals surface area contributed by atoms with Gasteiger partial charge in [0.1, 0.15) is 6.04 Å². The first kappa shape index (κ1) is 20.0. The van der Waals surface area contributed by atoms with E-state index < -0.39 is 29.5 Å². The molecule has 0 aliphatic carbocycles. The Bertz CT molecular complexity index is 690. The Hall–Kier alpha value is -2.32. The number of unbranched alkanes of at least 4 members (excludes halogenated alkanes) is 1. The lowest BCUT2D eigenvalue weighted by Crippen LogP contribution is -2.57. The number of nitrogens with two attached hydrogens (primary N) is 1. The maximum Gasteiger partial charge on any atom is 0.326 e. The van der Waals surface area contributed by atoms with Crippen LogP contribution in [0.25, 0.3) is 0 Å². The normalized spacial score (nSPS) is 19.4. The molecule has 2 atom stereocenters. The minimum absolute atomic E-state index is 0.215. The molecule has 0 fully saturated rings. The summed E-state index contributed by atoms with van der Waals surface area (Å²) in [6.45, 7) is 4.20. The zero-order valence-corrected chi connectivity index (χ0v) is 15.1. The molecule has 1 aromatic rings. The first-order valence-corrected chi connectivity index (χ1v) is 8.72. The molecule has 0 saturated heterocycles. The van der Waals surface area contributed by atoms with Crippen LogP contribution in [-0.4, -0.2) is 45.8 Å². The number of nitrogens with one attached hydrogen (secondary N) is 2. The van der Waals surface area contributed by atoms with Gasteiger partial charge in [-0.1, -0.05) is 0 Å². The number of benzene rings is 1. The van der Waals surface area contributed by atoms with Gasteiger partial charge in [0.15, 0.2) is 11.5 Å². The quantitative estimate of drug-likeness (QED) is 0.306. The molecular formula is C18H27N3O5. The van der Waals surface area contributed by atoms with Crippen molar-refractivity contribution in [2.45, 2.75) is 57.2 Å². The number of phenols is 2. The summed E-state index contributed by atoms with van der Waals surface area (Å²) in [5, 5.41) is 34.6. The fraction of sp³-hybridized carbons (Fsp3) is 0.556. The Labute approximate surface area is 152 Å². The van der Waals surface area contributed by atoms with Gasteiger partial charge in [-0.2, -0.15) is 0 Å². The van der Waals surface area contributed by atoms with Crippen molar-refractivity contribution in [3.63, 3.8) is 0 Å². The third-order valence-corrected chi connectivity index (χ3v) is 4.71. The second-order valence-corrected chi connectivity index (χ2v) is 7.21. The minimum atomic E-state index is -1.08. The van der Waals surface area contributed by atoms with Crippen molar-refractivity contribution in [2.24, 2.45) is 5.73 Å². The number of carboxylic acid groups (broad SMARTS) is 1. The highest BCUT2D eigenvalue weighted by Gasteiger charge is 2.37. The van der Waals surface area contributed by atoms with E-state index in [9.17, 15) is 24.9 Å². The van der Waals surface area contributed by atoms with E-state index >= 15 is 0 Å². The molecule has 0 spiro atoms. The van der Waals surface area contributed by atoms with Crippen molar-refractivity contribution in [1.82, 2.24) is 10.6 Å². The number of carbonyl (C=O) groups excluding carboxylic acids is 1. The van der Waals surface area contributed by atoms with Gasteiger partial charge in [-0.25, -0.2) is 4.79 Å². The molecule has 0 aromatic heterocycles. The van der Waals surface area contributed by atoms with Gasteiger partial charge in [0.05, 0.1) is 6.04 Å². The highest BCUT2D eigenvalue weighted by atomic mass is 16.4. The number of amides is 1. The van der Waals surface area contributed by atoms with Crippen molar-refractivity contribution < 1.29 is 24.9 Å². The topological polar surface area (TPSA) is 145 Å². The monoisotopic (exact) mass is 365 g/mol. The lowest BCUT2D eigenvalue weighted by atomic mass is 9.81. The maximum atomic E-state index is 12.6. The first-order valence-electron chi connectivity index (χ1n) is 8.72. The van der Waals surface area contributed by atoms with Crippen LogP contribution < -0.4 is 16.4 Å². The van der Waals surface area contributed by atoms with Crippen LogP contribution in [0.15, 0.2) is 12.1 Å². The van der Waals surface area contributed by atoms with Gasteiger partial charge in [0.25, 0.3) is 0 Å². The highest BCUT2D eigenvalue weighted by Crippen LogP contribution is 2.37. The minimum Gasteiger partial charge on any atom is -0.504 e. The molecule has 0 radical (unpaired) electrons. The van der Waals surface area contributed by atoms with Crippen LogP contribution in [0.1, 0.15) is 44.2 Å². The fourth-order valence-corrected chi connectivity index (χ4v) is 3.34. The highest BCUT2D eigenvalue weighted by molar-refractivity contribution is 5.87. The van der Waals surface area contributed by atoms with Crippen molar-refractivity contribution in [1.29, 1.82) is 0 Å². The average molecular weight is 365 g/mol. The number of hydrogen-bond acceptors (Lipinski definition) is 6. The van der Waals surface area contributed by atoms with E-state index in [-0.39, 0.29) is 17.9 Å². The van der Waals surface area contributed by atoms with Gasteiger partial charge in [-0.05, 0) is 69.3 Å². The molecule has 8 nitrogen and oxygen atoms in total. The number of aliphatic carboxylic acids is 1. The predicted octanol–water partition coefficient (Wildman–Crippen LogP) is 0.546. The maximum absolute atomic E-state index is 12.6. The Kier molecular flexibility index (Phi) is 6.09. The molecule has 26 heavy (non-hydrogen) atoms. The van der Waals surface area contributed by atoms with Crippen molar-refractivity contribution in [3.8, 4) is 11.5 Å². The largest absolute Gasteiger partial charge is 0.504 e. The summed E-state index contributed by atoms with van der Waals surface area (Å²) in [6.07, 6.45) is 1.92. The Morgan fingerprint density at radius 3 is 2.58 bits per heavy atom. The number of hydrogen-bond donors (Lipinski definition) is 6. The zero-order valence-electron chi connectivity index (χ0n) is 15.1. The van der Waals surface area contributed by atoms with E-state index in [1.54, 1.807) is 0 Å². The smallest absolute Gasteiger partial charge is 0.326 e. The Balaban J connectivity index is 2.14. The van der Waals surface area contributed by atoms with Crippen molar-refractivity contribution in [3.05, 3.63) is 23.3 Å². The van der Waals surface area contributed by atoms with Crippen LogP contribution in [0.3, 0.4) is 0 Å². The number of phenolic OH excluding ortho intramolecular Hbond substituents is 2. The van der Waals surface area contributed by atoms with Gasteiger partial charge in [-0.3, -0.25) is 10.1 Å². The summed E-state index contributed by atoms with van der Waals surface area (Å²) in [5.41, 5.74) is 6.32. The molecule has 144 valence electrons. The van der Waals surface area contributed by atoms with Gasteiger partial charge in [0.2, 0.25) is 5.91 Å². The third kappa shape index (κ3) is 4.44. The Morgan fingerprint density at radius 1 is 1.31 bits per heavy atom. The predicted molar refractivity (Wildman–Crippen MR) is 95.9 cm³/mol. The molecule has 7 N–H and O–H groups in total. The number of carbonyl (C=O) groups is 2. The van der Waals surface area contributed by atoms with Crippen LogP contribution in [0.2, 0.25) is 0 Å². The number of fused-ring (bicyclic) bond motifs is 1. The fourth-order valence-electron chi connectivity index (χ4n) is 3.34. The molecule has 1 heterocycles. The number of rotatable bonds is 7. The molecule has 1 aliphatic rings. The number of carboxylic acids is 1. The van der Waals surface area contributed by atoms with Gasteiger partial charge < -0.3 is 26.4 Å². The van der Waals surface area contributed by atoms with Crippen LogP contribution in [0.4, 0.5) is 0 Å². The van der Waals surface area contributed by atoms with Gasteiger partial charge >= 0.3 is 5.97 Å². The first-order chi connectivity index (χ1) is 12.2. The lowest BCUT2D eigenvalue weighted by molar-refractivity contribution is -0.142. The molecule has 1 aromatic carbocycles. The Morgan fingerprint density at radius 2 is 1.96 bits per heavy atom. The van der Waals surface area contributed by atoms with Gasteiger partial charge in [0, 0.05) is 5.54 Å². The average Bonchev–Trinajstić information content (AvgIpc) is 2.55. The summed E-state index contributed by atoms with van der Waals surface area (Å²) in [5.74, 6) is -1.94. The summed E-state index contributed by atoms with van der Waals surface area (Å²) < 4.78 is 0. The molecular weight excluding hydrogens is 338 g/mol. The molecule has 2 rings (SSSR count). The second kappa shape index (κ2) is 7.92. The zero-order chi connectivity index (χ0) is 19.5. The lowest BCUT2D eigenvalue weighted by Gasteiger charge is -2.39. The van der Waals surface area contributed by atoms with E-state index in [0.717, 1.165) is 11.1 Å². The summed E-state index contributed by atoms with van der Waals surface area (Å²) in [7, 11) is 0. The van der Waals surface area contributed by atoms with Crippen LogP contribution in [0.5, 0.6) is 11.5 Å². The van der Waals surface area contributed by atoms with Gasteiger partial charge in [-0.15, -0.1) is 0 Å². The van der Waals surface area contributed by atoms with E-state index in [1.807, 2.05) is 13.8 Å². The van der Waals surface area contributed by atoms with E-state index in [2.05, 4.69) is 10.6 Å². The molecule has 2 unspecified atom stereocenters. The van der Waals surface area contributed by atoms with Crippen LogP contribution in [0, 0.1) is 0 Å². The second-order valence-electron chi connectivity index (χ2n) is 7.21. The third-order valence-electron chi connectivity index (χ3n) is 4.71. The summed E-state index contributed by atoms with van der Waals surface area (Å²) >= 11 is 0. The van der Waals surface area contributed by atoms with Crippen molar-refractivity contribution >= 4 is 11.9 Å². The standard InChI is InChI=1S/C18H27N3O5/c1-18(2)11-9-15(23)14(22)8-10(11)7-13(21-18)16(24)20-12(17(25)26)5-3-4-6-19/h8-9,12-13,21-23H,3-7,19H2,1-2H3,(H,20,24)(H,25,26). The molecule has 0 bridgehead atoms. The summed E-state index contributed by atoms with van der Waals surface area (Å²) in [6, 6.07) is 1.33. The van der Waals surface area contributed by atoms with Crippen LogP contribution >= 0.6 is 0 Å². The molecule has 1 aliphatic heterocycles. The molecule has 8 heteroatoms. The summed E-state index contributed by atoms with van der Waals surface area (Å²) in [4.78, 5) is 24.0.